The van der Waals surface area contributed by atoms with Crippen LogP contribution in [0, 0.1) is 5.92 Å². The van der Waals surface area contributed by atoms with Crippen LogP contribution in [0.2, 0.25) is 0 Å². The number of carbonyl (C=O) groups excluding carboxylic acids is 1. The Morgan fingerprint density at radius 1 is 1.43 bits per heavy atom. The van der Waals surface area contributed by atoms with E-state index in [9.17, 15) is 4.79 Å². The average molecular weight is 199 g/mol. The first-order valence-electron chi connectivity index (χ1n) is 5.07. The van der Waals surface area contributed by atoms with Crippen LogP contribution in [0.5, 0.6) is 0 Å². The molecule has 0 aliphatic carbocycles. The lowest BCUT2D eigenvalue weighted by Gasteiger charge is -2.24. The first-order valence-corrected chi connectivity index (χ1v) is 5.07. The van der Waals surface area contributed by atoms with E-state index in [-0.39, 0.29) is 11.9 Å². The van der Waals surface area contributed by atoms with Crippen molar-refractivity contribution < 1.29 is 9.53 Å². The van der Waals surface area contributed by atoms with E-state index in [4.69, 9.17) is 0 Å². The monoisotopic (exact) mass is 199 g/mol. The average Bonchev–Trinajstić information content (AvgIpc) is 2.18. The van der Waals surface area contributed by atoms with Crippen LogP contribution in [-0.4, -0.2) is 31.1 Å². The molecule has 82 valence electrons. The summed E-state index contributed by atoms with van der Waals surface area (Å²) in [5, 5.41) is 0. The number of methoxy groups -OCH3 is 1. The second-order valence-corrected chi connectivity index (χ2v) is 3.37. The molecule has 0 amide bonds. The van der Waals surface area contributed by atoms with Crippen LogP contribution in [-0.2, 0) is 9.53 Å². The van der Waals surface area contributed by atoms with Gasteiger partial charge in [0.1, 0.15) is 0 Å². The highest BCUT2D eigenvalue weighted by atomic mass is 16.5. The third-order valence-electron chi connectivity index (χ3n) is 2.36. The minimum atomic E-state index is -0.168. The standard InChI is InChI=1S/C11H21NO2/c1-6-12(7-2)10(4)8-9(3)11(13)14-5/h9H,4,6-8H2,1-3,5H3. The molecule has 0 saturated carbocycles. The van der Waals surface area contributed by atoms with Crippen molar-refractivity contribution in [3.8, 4) is 0 Å². The first kappa shape index (κ1) is 13.0. The van der Waals surface area contributed by atoms with Crippen LogP contribution < -0.4 is 0 Å². The fourth-order valence-corrected chi connectivity index (χ4v) is 1.44. The largest absolute Gasteiger partial charge is 0.469 e. The molecule has 0 aromatic carbocycles. The van der Waals surface area contributed by atoms with Gasteiger partial charge < -0.3 is 9.64 Å². The van der Waals surface area contributed by atoms with Crippen LogP contribution in [0.15, 0.2) is 12.3 Å². The van der Waals surface area contributed by atoms with Gasteiger partial charge in [-0.1, -0.05) is 13.5 Å². The first-order chi connectivity index (χ1) is 6.56. The van der Waals surface area contributed by atoms with Crippen molar-refractivity contribution in [3.63, 3.8) is 0 Å². The Morgan fingerprint density at radius 3 is 2.29 bits per heavy atom. The van der Waals surface area contributed by atoms with E-state index in [1.807, 2.05) is 6.92 Å². The van der Waals surface area contributed by atoms with Gasteiger partial charge >= 0.3 is 5.97 Å². The van der Waals surface area contributed by atoms with Crippen molar-refractivity contribution in [2.24, 2.45) is 5.92 Å². The number of rotatable bonds is 6. The second-order valence-electron chi connectivity index (χ2n) is 3.37. The van der Waals surface area contributed by atoms with Crippen LogP contribution in [0.1, 0.15) is 27.2 Å². The molecule has 0 saturated heterocycles. The number of allylic oxidation sites excluding steroid dienone is 1. The minimum absolute atomic E-state index is 0.104. The Balaban J connectivity index is 4.10. The predicted octanol–water partition coefficient (Wildman–Crippen LogP) is 2.04. The normalized spacial score (nSPS) is 12.0. The summed E-state index contributed by atoms with van der Waals surface area (Å²) in [5.41, 5.74) is 1.01. The third-order valence-corrected chi connectivity index (χ3v) is 2.36. The highest BCUT2D eigenvalue weighted by Gasteiger charge is 2.16. The maximum atomic E-state index is 11.2. The maximum absolute atomic E-state index is 11.2. The molecule has 0 aromatic heterocycles. The number of hydrogen-bond donors (Lipinski definition) is 0. The Hall–Kier alpha value is -0.990. The summed E-state index contributed by atoms with van der Waals surface area (Å²) in [6.07, 6.45) is 0.675. The number of hydrogen-bond acceptors (Lipinski definition) is 3. The molecule has 3 heteroatoms. The zero-order chi connectivity index (χ0) is 11.1. The summed E-state index contributed by atoms with van der Waals surface area (Å²) in [6, 6.07) is 0. The highest BCUT2D eigenvalue weighted by Crippen LogP contribution is 2.14. The lowest BCUT2D eigenvalue weighted by Crippen LogP contribution is -2.24. The number of ether oxygens (including phenoxy) is 1. The van der Waals surface area contributed by atoms with Crippen molar-refractivity contribution in [1.29, 1.82) is 0 Å². The molecular formula is C11H21NO2. The summed E-state index contributed by atoms with van der Waals surface area (Å²) < 4.78 is 4.66. The van der Waals surface area contributed by atoms with E-state index in [0.29, 0.717) is 6.42 Å². The van der Waals surface area contributed by atoms with Gasteiger partial charge in [0, 0.05) is 18.8 Å². The van der Waals surface area contributed by atoms with Gasteiger partial charge in [0.15, 0.2) is 0 Å². The second kappa shape index (κ2) is 6.46. The maximum Gasteiger partial charge on any atom is 0.308 e. The Labute approximate surface area is 86.7 Å². The van der Waals surface area contributed by atoms with E-state index in [1.54, 1.807) is 0 Å². The van der Waals surface area contributed by atoms with Gasteiger partial charge in [0.2, 0.25) is 0 Å². The summed E-state index contributed by atoms with van der Waals surface area (Å²) in [7, 11) is 1.42. The van der Waals surface area contributed by atoms with Crippen molar-refractivity contribution in [1.82, 2.24) is 4.90 Å². The fourth-order valence-electron chi connectivity index (χ4n) is 1.44. The third kappa shape index (κ3) is 3.81. The van der Waals surface area contributed by atoms with E-state index in [1.165, 1.54) is 7.11 Å². The van der Waals surface area contributed by atoms with Gasteiger partial charge in [-0.2, -0.15) is 0 Å². The Morgan fingerprint density at radius 2 is 1.93 bits per heavy atom. The zero-order valence-corrected chi connectivity index (χ0v) is 9.67. The molecule has 14 heavy (non-hydrogen) atoms. The molecule has 0 bridgehead atoms. The molecule has 3 nitrogen and oxygen atoms in total. The van der Waals surface area contributed by atoms with Crippen LogP contribution in [0.3, 0.4) is 0 Å². The lowest BCUT2D eigenvalue weighted by atomic mass is 10.1. The topological polar surface area (TPSA) is 29.5 Å². The van der Waals surface area contributed by atoms with Crippen LogP contribution >= 0.6 is 0 Å². The fraction of sp³-hybridized carbons (Fsp3) is 0.727. The van der Waals surface area contributed by atoms with Crippen molar-refractivity contribution >= 4 is 5.97 Å². The molecule has 0 radical (unpaired) electrons. The SMILES string of the molecule is C=C(CC(C)C(=O)OC)N(CC)CC. The van der Waals surface area contributed by atoms with Gasteiger partial charge in [0.05, 0.1) is 13.0 Å². The van der Waals surface area contributed by atoms with E-state index in [0.717, 1.165) is 18.8 Å². The summed E-state index contributed by atoms with van der Waals surface area (Å²) in [6.45, 7) is 11.9. The molecule has 0 rings (SSSR count). The molecule has 1 atom stereocenters. The molecule has 0 spiro atoms. The van der Waals surface area contributed by atoms with Gasteiger partial charge in [0.25, 0.3) is 0 Å². The Bertz CT molecular complexity index is 197. The van der Waals surface area contributed by atoms with Gasteiger partial charge in [-0.25, -0.2) is 0 Å². The van der Waals surface area contributed by atoms with Gasteiger partial charge in [-0.05, 0) is 20.3 Å². The molecule has 0 fully saturated rings. The molecule has 0 heterocycles. The minimum Gasteiger partial charge on any atom is -0.469 e. The zero-order valence-electron chi connectivity index (χ0n) is 9.67. The molecule has 0 aliphatic heterocycles. The quantitative estimate of drug-likeness (QED) is 0.613. The number of nitrogens with zero attached hydrogens (tertiary/aromatic N) is 1. The summed E-state index contributed by atoms with van der Waals surface area (Å²) in [5.74, 6) is -0.272. The number of carbonyl (C=O) groups is 1. The van der Waals surface area contributed by atoms with E-state index < -0.39 is 0 Å². The number of esters is 1. The molecule has 1 unspecified atom stereocenters. The molecule has 0 aliphatic rings. The van der Waals surface area contributed by atoms with Crippen molar-refractivity contribution in [2.75, 3.05) is 20.2 Å². The molecule has 0 aromatic rings. The van der Waals surface area contributed by atoms with Crippen LogP contribution in [0.4, 0.5) is 0 Å². The molecular weight excluding hydrogens is 178 g/mol. The van der Waals surface area contributed by atoms with E-state index in [2.05, 4.69) is 30.1 Å². The lowest BCUT2D eigenvalue weighted by molar-refractivity contribution is -0.144. The predicted molar refractivity (Wildman–Crippen MR) is 57.9 cm³/mol. The van der Waals surface area contributed by atoms with Crippen molar-refractivity contribution in [3.05, 3.63) is 12.3 Å². The summed E-state index contributed by atoms with van der Waals surface area (Å²) >= 11 is 0. The highest BCUT2D eigenvalue weighted by molar-refractivity contribution is 5.72. The van der Waals surface area contributed by atoms with Gasteiger partial charge in [-0.15, -0.1) is 0 Å². The summed E-state index contributed by atoms with van der Waals surface area (Å²) in [4.78, 5) is 13.3. The molecule has 0 N–H and O–H groups in total. The van der Waals surface area contributed by atoms with Gasteiger partial charge in [-0.3, -0.25) is 4.79 Å². The Kier molecular flexibility index (Phi) is 6.00. The van der Waals surface area contributed by atoms with Crippen LogP contribution in [0.25, 0.3) is 0 Å². The smallest absolute Gasteiger partial charge is 0.308 e. The van der Waals surface area contributed by atoms with Crippen molar-refractivity contribution in [2.45, 2.75) is 27.2 Å². The van der Waals surface area contributed by atoms with E-state index >= 15 is 0 Å².